The van der Waals surface area contributed by atoms with Crippen LogP contribution in [0.5, 0.6) is 0 Å². The van der Waals surface area contributed by atoms with Crippen molar-refractivity contribution in [3.8, 4) is 0 Å². The van der Waals surface area contributed by atoms with Crippen molar-refractivity contribution >= 4 is 29.7 Å². The molecule has 0 aromatic heterocycles. The third-order valence-electron chi connectivity index (χ3n) is 5.86. The first-order valence-electron chi connectivity index (χ1n) is 11.1. The van der Waals surface area contributed by atoms with E-state index in [1.807, 2.05) is 0 Å². The number of carbonyl (C=O) groups is 5. The number of nitrogens with one attached hydrogen (secondary N) is 4. The van der Waals surface area contributed by atoms with Crippen LogP contribution in [-0.2, 0) is 24.7 Å². The Morgan fingerprint density at radius 1 is 1.06 bits per heavy atom. The molecule has 3 rings (SSSR count). The molecule has 176 valence electrons. The summed E-state index contributed by atoms with van der Waals surface area (Å²) in [5.74, 6) is -3.25. The number of rotatable bonds is 8. The first kappa shape index (κ1) is 24.0. The van der Waals surface area contributed by atoms with E-state index in [2.05, 4.69) is 27.5 Å². The molecule has 1 atom stereocenters. The van der Waals surface area contributed by atoms with Gasteiger partial charge in [0, 0.05) is 6.54 Å². The molecule has 1 aliphatic carbocycles. The Hall–Kier alpha value is -3.69. The number of carbonyl (C=O) groups excluding carboxylic acids is 5. The Balaban J connectivity index is 1.47. The lowest BCUT2D eigenvalue weighted by molar-refractivity contribution is -0.141. The zero-order valence-corrected chi connectivity index (χ0v) is 18.6. The molecule has 1 aliphatic heterocycles. The smallest absolute Gasteiger partial charge is 0.344 e. The lowest BCUT2D eigenvalue weighted by Gasteiger charge is -2.25. The van der Waals surface area contributed by atoms with Gasteiger partial charge < -0.3 is 16.0 Å². The normalized spacial score (nSPS) is 20.0. The Morgan fingerprint density at radius 3 is 2.45 bits per heavy atom. The Labute approximate surface area is 192 Å². The van der Waals surface area contributed by atoms with Crippen LogP contribution in [0, 0.1) is 0 Å². The number of hydrogen-bond donors (Lipinski definition) is 4. The third-order valence-corrected chi connectivity index (χ3v) is 5.86. The zero-order valence-electron chi connectivity index (χ0n) is 18.6. The number of hydrogen-bond acceptors (Lipinski definition) is 5. The summed E-state index contributed by atoms with van der Waals surface area (Å²) in [6, 6.07) is 7.95. The molecular weight excluding hydrogens is 426 g/mol. The fourth-order valence-electron chi connectivity index (χ4n) is 3.99. The molecule has 0 radical (unpaired) electrons. The summed E-state index contributed by atoms with van der Waals surface area (Å²) in [4.78, 5) is 61.5. The van der Waals surface area contributed by atoms with Crippen LogP contribution in [0.15, 0.2) is 42.0 Å². The number of nitrogens with zero attached hydrogens (tertiary/aromatic N) is 1. The highest BCUT2D eigenvalue weighted by atomic mass is 16.2. The molecule has 0 bridgehead atoms. The minimum absolute atomic E-state index is 0.280. The van der Waals surface area contributed by atoms with Gasteiger partial charge >= 0.3 is 17.8 Å². The topological polar surface area (TPSA) is 137 Å². The first-order valence-corrected chi connectivity index (χ1v) is 11.1. The number of imide groups is 1. The van der Waals surface area contributed by atoms with Gasteiger partial charge in [0.15, 0.2) is 0 Å². The van der Waals surface area contributed by atoms with Crippen molar-refractivity contribution in [3.05, 3.63) is 47.5 Å². The van der Waals surface area contributed by atoms with E-state index < -0.39 is 41.7 Å². The van der Waals surface area contributed by atoms with E-state index in [1.54, 1.807) is 37.3 Å². The van der Waals surface area contributed by atoms with Gasteiger partial charge in [-0.05, 0) is 44.1 Å². The van der Waals surface area contributed by atoms with Crippen molar-refractivity contribution in [2.24, 2.45) is 0 Å². The van der Waals surface area contributed by atoms with Crippen molar-refractivity contribution in [2.75, 3.05) is 13.1 Å². The van der Waals surface area contributed by atoms with Gasteiger partial charge in [-0.1, -0.05) is 48.9 Å². The molecule has 1 aromatic rings. The Morgan fingerprint density at radius 2 is 1.79 bits per heavy atom. The summed E-state index contributed by atoms with van der Waals surface area (Å²) in [5.41, 5.74) is 2.77. The molecule has 1 aromatic carbocycles. The molecule has 1 fully saturated rings. The van der Waals surface area contributed by atoms with Gasteiger partial charge in [0.1, 0.15) is 5.54 Å². The quantitative estimate of drug-likeness (QED) is 0.263. The molecule has 2 aliphatic rings. The molecule has 10 nitrogen and oxygen atoms in total. The van der Waals surface area contributed by atoms with Gasteiger partial charge in [-0.25, -0.2) is 4.79 Å². The summed E-state index contributed by atoms with van der Waals surface area (Å²) in [6.45, 7) is 1.52. The van der Waals surface area contributed by atoms with Crippen LogP contribution in [0.3, 0.4) is 0 Å². The molecule has 1 unspecified atom stereocenters. The number of urea groups is 1. The van der Waals surface area contributed by atoms with E-state index in [0.29, 0.717) is 23.5 Å². The maximum absolute atomic E-state index is 13.0. The lowest BCUT2D eigenvalue weighted by atomic mass is 9.87. The van der Waals surface area contributed by atoms with Crippen LogP contribution in [0.2, 0.25) is 0 Å². The van der Waals surface area contributed by atoms with Gasteiger partial charge in [-0.3, -0.25) is 24.6 Å². The highest BCUT2D eigenvalue weighted by Crippen LogP contribution is 2.31. The molecule has 1 saturated heterocycles. The van der Waals surface area contributed by atoms with Crippen molar-refractivity contribution in [1.82, 2.24) is 26.4 Å². The summed E-state index contributed by atoms with van der Waals surface area (Å²) in [7, 11) is 0. The summed E-state index contributed by atoms with van der Waals surface area (Å²) >= 11 is 0. The predicted molar refractivity (Wildman–Crippen MR) is 119 cm³/mol. The van der Waals surface area contributed by atoms with Gasteiger partial charge in [0.2, 0.25) is 0 Å². The first-order chi connectivity index (χ1) is 15.9. The second-order valence-electron chi connectivity index (χ2n) is 8.03. The lowest BCUT2D eigenvalue weighted by Crippen LogP contribution is -2.52. The van der Waals surface area contributed by atoms with E-state index in [4.69, 9.17) is 0 Å². The molecule has 33 heavy (non-hydrogen) atoms. The second-order valence-corrected chi connectivity index (χ2v) is 8.03. The standard InChI is InChI=1S/C23H29N5O5/c1-2-23(17-11-7-4-8-12-17)21(32)28(22(33)26-23)27-18(29)15-25-20(31)19(30)24-14-13-16-9-5-3-6-10-16/h4,7-9,11-12H,2-3,5-6,10,13-15H2,1H3,(H,24,30)(H,25,31)(H,26,33)(H,27,29). The van der Waals surface area contributed by atoms with Gasteiger partial charge in [-0.15, -0.1) is 0 Å². The maximum Gasteiger partial charge on any atom is 0.344 e. The fraction of sp³-hybridized carbons (Fsp3) is 0.435. The number of hydrazine groups is 1. The van der Waals surface area contributed by atoms with Crippen molar-refractivity contribution < 1.29 is 24.0 Å². The molecule has 10 heteroatoms. The van der Waals surface area contributed by atoms with Crippen molar-refractivity contribution in [1.29, 1.82) is 0 Å². The highest BCUT2D eigenvalue weighted by molar-refractivity contribution is 6.35. The third kappa shape index (κ3) is 5.57. The molecule has 4 N–H and O–H groups in total. The number of amides is 6. The van der Waals surface area contributed by atoms with E-state index in [1.165, 1.54) is 12.0 Å². The van der Waals surface area contributed by atoms with Crippen molar-refractivity contribution in [3.63, 3.8) is 0 Å². The fourth-order valence-corrected chi connectivity index (χ4v) is 3.99. The summed E-state index contributed by atoms with van der Waals surface area (Å²) in [6.07, 6.45) is 7.50. The van der Waals surface area contributed by atoms with Crippen LogP contribution in [0.1, 0.15) is 51.0 Å². The molecular formula is C23H29N5O5. The van der Waals surface area contributed by atoms with Crippen LogP contribution in [-0.4, -0.2) is 47.8 Å². The number of benzene rings is 1. The Bertz CT molecular complexity index is 961. The SMILES string of the molecule is CCC1(c2ccccc2)NC(=O)N(NC(=O)CNC(=O)C(=O)NCCC2=CCCCC2)C1=O. The highest BCUT2D eigenvalue weighted by Gasteiger charge is 2.52. The summed E-state index contributed by atoms with van der Waals surface area (Å²) < 4.78 is 0. The minimum atomic E-state index is -1.29. The van der Waals surface area contributed by atoms with Crippen LogP contribution >= 0.6 is 0 Å². The minimum Gasteiger partial charge on any atom is -0.348 e. The van der Waals surface area contributed by atoms with Crippen LogP contribution in [0.4, 0.5) is 4.79 Å². The maximum atomic E-state index is 13.0. The van der Waals surface area contributed by atoms with E-state index in [9.17, 15) is 24.0 Å². The molecule has 0 spiro atoms. The van der Waals surface area contributed by atoms with Crippen LogP contribution < -0.4 is 21.4 Å². The average molecular weight is 456 g/mol. The molecule has 6 amide bonds. The zero-order chi connectivity index (χ0) is 23.8. The van der Waals surface area contributed by atoms with Crippen molar-refractivity contribution in [2.45, 2.75) is 51.0 Å². The predicted octanol–water partition coefficient (Wildman–Crippen LogP) is 0.998. The monoisotopic (exact) mass is 455 g/mol. The number of allylic oxidation sites excluding steroid dienone is 1. The van der Waals surface area contributed by atoms with Gasteiger partial charge in [-0.2, -0.15) is 5.01 Å². The summed E-state index contributed by atoms with van der Waals surface area (Å²) in [5, 5.41) is 7.96. The average Bonchev–Trinajstić information content (AvgIpc) is 3.08. The van der Waals surface area contributed by atoms with E-state index in [-0.39, 0.29) is 6.42 Å². The largest absolute Gasteiger partial charge is 0.348 e. The second kappa shape index (κ2) is 10.8. The van der Waals surface area contributed by atoms with E-state index in [0.717, 1.165) is 19.3 Å². The van der Waals surface area contributed by atoms with Gasteiger partial charge in [0.25, 0.3) is 11.8 Å². The van der Waals surface area contributed by atoms with Gasteiger partial charge in [0.05, 0.1) is 6.54 Å². The van der Waals surface area contributed by atoms with E-state index >= 15 is 0 Å². The van der Waals surface area contributed by atoms with Crippen LogP contribution in [0.25, 0.3) is 0 Å². The molecule has 1 heterocycles. The molecule has 0 saturated carbocycles. The Kier molecular flexibility index (Phi) is 7.81.